The van der Waals surface area contributed by atoms with Crippen LogP contribution in [-0.2, 0) is 0 Å². The average Bonchev–Trinajstić information content (AvgIpc) is 3.28. The van der Waals surface area contributed by atoms with Gasteiger partial charge in [-0.2, -0.15) is 0 Å². The maximum atomic E-state index is 11.5. The highest BCUT2D eigenvalue weighted by Gasteiger charge is 2.25. The summed E-state index contributed by atoms with van der Waals surface area (Å²) in [5.74, 6) is 1.55. The smallest absolute Gasteiger partial charge is 0.314 e. The SMILES string of the molecule is CNC(=O)NC1CCN(c2cc(-c3nc4ccccc4[nH]3)c(Cl)cn2)C1. The van der Waals surface area contributed by atoms with E-state index in [1.165, 1.54) is 0 Å². The Morgan fingerprint density at radius 3 is 3.04 bits per heavy atom. The molecular weight excluding hydrogens is 352 g/mol. The van der Waals surface area contributed by atoms with Gasteiger partial charge in [-0.3, -0.25) is 0 Å². The molecule has 3 heterocycles. The van der Waals surface area contributed by atoms with E-state index in [0.717, 1.165) is 41.2 Å². The van der Waals surface area contributed by atoms with Crippen LogP contribution in [0.5, 0.6) is 0 Å². The van der Waals surface area contributed by atoms with Crippen LogP contribution in [0.15, 0.2) is 36.5 Å². The number of aromatic nitrogens is 3. The second-order valence-corrected chi connectivity index (χ2v) is 6.69. The minimum Gasteiger partial charge on any atom is -0.354 e. The highest BCUT2D eigenvalue weighted by molar-refractivity contribution is 6.33. The Kier molecular flexibility index (Phi) is 4.38. The molecule has 1 atom stereocenters. The molecule has 0 radical (unpaired) electrons. The first kappa shape index (κ1) is 16.7. The number of aromatic amines is 1. The number of halogens is 1. The van der Waals surface area contributed by atoms with Crippen molar-refractivity contribution in [3.05, 3.63) is 41.6 Å². The zero-order chi connectivity index (χ0) is 18.1. The third kappa shape index (κ3) is 3.17. The second-order valence-electron chi connectivity index (χ2n) is 6.28. The number of carbonyl (C=O) groups is 1. The van der Waals surface area contributed by atoms with E-state index in [2.05, 4.69) is 30.5 Å². The summed E-state index contributed by atoms with van der Waals surface area (Å²) in [5.41, 5.74) is 2.68. The van der Waals surface area contributed by atoms with Gasteiger partial charge in [0.2, 0.25) is 0 Å². The van der Waals surface area contributed by atoms with Crippen molar-refractivity contribution in [2.75, 3.05) is 25.0 Å². The van der Waals surface area contributed by atoms with Crippen molar-refractivity contribution in [1.29, 1.82) is 0 Å². The number of fused-ring (bicyclic) bond motifs is 1. The third-order valence-corrected chi connectivity index (χ3v) is 4.86. The Labute approximate surface area is 155 Å². The van der Waals surface area contributed by atoms with Crippen molar-refractivity contribution < 1.29 is 4.79 Å². The molecule has 4 rings (SSSR count). The van der Waals surface area contributed by atoms with Crippen LogP contribution in [0, 0.1) is 0 Å². The lowest BCUT2D eigenvalue weighted by Gasteiger charge is -2.18. The quantitative estimate of drug-likeness (QED) is 0.661. The summed E-state index contributed by atoms with van der Waals surface area (Å²) >= 11 is 6.38. The second kappa shape index (κ2) is 6.84. The number of H-pyrrole nitrogens is 1. The molecule has 0 aliphatic carbocycles. The van der Waals surface area contributed by atoms with E-state index >= 15 is 0 Å². The fourth-order valence-electron chi connectivity index (χ4n) is 3.21. The number of nitrogens with one attached hydrogen (secondary N) is 3. The van der Waals surface area contributed by atoms with Crippen LogP contribution < -0.4 is 15.5 Å². The van der Waals surface area contributed by atoms with Crippen LogP contribution in [-0.4, -0.2) is 47.2 Å². The topological polar surface area (TPSA) is 85.9 Å². The molecule has 2 aromatic heterocycles. The number of amides is 2. The number of carbonyl (C=O) groups excluding carboxylic acids is 1. The number of imidazole rings is 1. The van der Waals surface area contributed by atoms with Gasteiger partial charge in [-0.05, 0) is 24.6 Å². The Morgan fingerprint density at radius 1 is 1.38 bits per heavy atom. The summed E-state index contributed by atoms with van der Waals surface area (Å²) in [6.07, 6.45) is 2.52. The first-order chi connectivity index (χ1) is 12.6. The van der Waals surface area contributed by atoms with Gasteiger partial charge in [0.15, 0.2) is 0 Å². The van der Waals surface area contributed by atoms with E-state index < -0.39 is 0 Å². The number of benzene rings is 1. The summed E-state index contributed by atoms with van der Waals surface area (Å²) in [5, 5.41) is 6.07. The first-order valence-electron chi connectivity index (χ1n) is 8.48. The van der Waals surface area contributed by atoms with Gasteiger partial charge in [0.05, 0.1) is 16.1 Å². The molecule has 1 aliphatic rings. The molecule has 1 fully saturated rings. The number of para-hydroxylation sites is 2. The fraction of sp³-hybridized carbons (Fsp3) is 0.278. The summed E-state index contributed by atoms with van der Waals surface area (Å²) < 4.78 is 0. The van der Waals surface area contributed by atoms with Gasteiger partial charge in [-0.25, -0.2) is 14.8 Å². The maximum Gasteiger partial charge on any atom is 0.314 e. The predicted octanol–water partition coefficient (Wildman–Crippen LogP) is 2.79. The molecule has 8 heteroatoms. The third-order valence-electron chi connectivity index (χ3n) is 4.56. The molecule has 26 heavy (non-hydrogen) atoms. The number of nitrogens with zero attached hydrogens (tertiary/aromatic N) is 3. The Balaban J connectivity index is 1.60. The van der Waals surface area contributed by atoms with Crippen molar-refractivity contribution in [1.82, 2.24) is 25.6 Å². The molecule has 0 bridgehead atoms. The first-order valence-corrected chi connectivity index (χ1v) is 8.85. The van der Waals surface area contributed by atoms with Gasteiger partial charge in [0.25, 0.3) is 0 Å². The van der Waals surface area contributed by atoms with Crippen LogP contribution in [0.25, 0.3) is 22.4 Å². The monoisotopic (exact) mass is 370 g/mol. The minimum atomic E-state index is -0.163. The highest BCUT2D eigenvalue weighted by Crippen LogP contribution is 2.31. The normalized spacial score (nSPS) is 16.8. The summed E-state index contributed by atoms with van der Waals surface area (Å²) in [6.45, 7) is 1.53. The lowest BCUT2D eigenvalue weighted by molar-refractivity contribution is 0.240. The van der Waals surface area contributed by atoms with Crippen molar-refractivity contribution in [3.8, 4) is 11.4 Å². The summed E-state index contributed by atoms with van der Waals surface area (Å²) in [6, 6.07) is 9.75. The zero-order valence-electron chi connectivity index (χ0n) is 14.3. The summed E-state index contributed by atoms with van der Waals surface area (Å²) in [4.78, 5) is 26.0. The van der Waals surface area contributed by atoms with Crippen LogP contribution >= 0.6 is 11.6 Å². The minimum absolute atomic E-state index is 0.0991. The van der Waals surface area contributed by atoms with Gasteiger partial charge in [-0.15, -0.1) is 0 Å². The molecule has 1 saturated heterocycles. The molecule has 134 valence electrons. The standard InChI is InChI=1S/C18H19ClN6O/c1-20-18(26)22-11-6-7-25(10-11)16-8-12(13(19)9-21-16)17-23-14-4-2-3-5-15(14)24-17/h2-5,8-9,11H,6-7,10H2,1H3,(H,23,24)(H2,20,22,26). The van der Waals surface area contributed by atoms with Crippen LogP contribution in [0.4, 0.5) is 10.6 Å². The zero-order valence-corrected chi connectivity index (χ0v) is 15.0. The predicted molar refractivity (Wildman–Crippen MR) is 103 cm³/mol. The largest absolute Gasteiger partial charge is 0.354 e. The molecule has 7 nitrogen and oxygen atoms in total. The molecule has 1 unspecified atom stereocenters. The van der Waals surface area contributed by atoms with Crippen molar-refractivity contribution in [2.45, 2.75) is 12.5 Å². The molecule has 1 aliphatic heterocycles. The highest BCUT2D eigenvalue weighted by atomic mass is 35.5. The average molecular weight is 371 g/mol. The Hall–Kier alpha value is -2.80. The fourth-order valence-corrected chi connectivity index (χ4v) is 3.40. The van der Waals surface area contributed by atoms with E-state index in [1.54, 1.807) is 13.2 Å². The van der Waals surface area contributed by atoms with Crippen LogP contribution in [0.3, 0.4) is 0 Å². The van der Waals surface area contributed by atoms with Crippen LogP contribution in [0.2, 0.25) is 5.02 Å². The number of urea groups is 1. The number of anilines is 1. The van der Waals surface area contributed by atoms with Crippen molar-refractivity contribution in [3.63, 3.8) is 0 Å². The van der Waals surface area contributed by atoms with E-state index in [-0.39, 0.29) is 12.1 Å². The molecule has 3 N–H and O–H groups in total. The number of rotatable bonds is 3. The van der Waals surface area contributed by atoms with Gasteiger partial charge in [-0.1, -0.05) is 23.7 Å². The van der Waals surface area contributed by atoms with Crippen LogP contribution in [0.1, 0.15) is 6.42 Å². The van der Waals surface area contributed by atoms with E-state index in [1.807, 2.05) is 30.3 Å². The Bertz CT molecular complexity index is 923. The molecule has 2 amide bonds. The van der Waals surface area contributed by atoms with Crippen molar-refractivity contribution in [2.24, 2.45) is 0 Å². The van der Waals surface area contributed by atoms with E-state index in [0.29, 0.717) is 11.6 Å². The molecule has 3 aromatic rings. The summed E-state index contributed by atoms with van der Waals surface area (Å²) in [7, 11) is 1.61. The Morgan fingerprint density at radius 2 is 2.23 bits per heavy atom. The number of hydrogen-bond acceptors (Lipinski definition) is 4. The molecule has 0 spiro atoms. The van der Waals surface area contributed by atoms with Gasteiger partial charge in [0, 0.05) is 37.9 Å². The maximum absolute atomic E-state index is 11.5. The van der Waals surface area contributed by atoms with Crippen molar-refractivity contribution >= 4 is 34.5 Å². The van der Waals surface area contributed by atoms with E-state index in [9.17, 15) is 4.79 Å². The molecular formula is C18H19ClN6O. The van der Waals surface area contributed by atoms with Gasteiger partial charge >= 0.3 is 6.03 Å². The van der Waals surface area contributed by atoms with Gasteiger partial charge < -0.3 is 20.5 Å². The number of hydrogen-bond donors (Lipinski definition) is 3. The lowest BCUT2D eigenvalue weighted by Crippen LogP contribution is -2.42. The number of pyridine rings is 1. The molecule has 1 aromatic carbocycles. The van der Waals surface area contributed by atoms with E-state index in [4.69, 9.17) is 11.6 Å². The lowest BCUT2D eigenvalue weighted by atomic mass is 10.2. The molecule has 0 saturated carbocycles. The van der Waals surface area contributed by atoms with Gasteiger partial charge in [0.1, 0.15) is 11.6 Å².